The molecule has 0 N–H and O–H groups in total. The van der Waals surface area contributed by atoms with Gasteiger partial charge in [-0.1, -0.05) is 59.2 Å². The summed E-state index contributed by atoms with van der Waals surface area (Å²) < 4.78 is 2.14. The van der Waals surface area contributed by atoms with Crippen LogP contribution in [0, 0.1) is 11.8 Å². The molecule has 0 aromatic rings. The van der Waals surface area contributed by atoms with E-state index in [9.17, 15) is 10.2 Å². The predicted octanol–water partition coefficient (Wildman–Crippen LogP) is 2.28. The molecule has 2 heterocycles. The third-order valence-corrected chi connectivity index (χ3v) is 7.08. The molecule has 3 aliphatic rings. The van der Waals surface area contributed by atoms with Crippen molar-refractivity contribution < 1.29 is 10.2 Å². The Labute approximate surface area is 123 Å². The van der Waals surface area contributed by atoms with Gasteiger partial charge in [-0.15, -0.1) is 12.2 Å². The SMILES string of the molecule is [O-]C1C(C=C2SC=CS2)C([O-])C1C=C1SC=CS1. The summed E-state index contributed by atoms with van der Waals surface area (Å²) in [5, 5.41) is 32.0. The van der Waals surface area contributed by atoms with Gasteiger partial charge in [0, 0.05) is 8.47 Å². The summed E-state index contributed by atoms with van der Waals surface area (Å²) in [5.74, 6) is -0.711. The molecule has 0 unspecified atom stereocenters. The van der Waals surface area contributed by atoms with E-state index in [1.54, 1.807) is 47.0 Å². The number of rotatable bonds is 2. The highest BCUT2D eigenvalue weighted by Gasteiger charge is 2.34. The van der Waals surface area contributed by atoms with Crippen molar-refractivity contribution in [3.8, 4) is 0 Å². The molecule has 0 aromatic heterocycles. The fraction of sp³-hybridized carbons (Fsp3) is 0.333. The second-order valence-corrected chi connectivity index (χ2v) is 8.38. The maximum Gasteiger partial charge on any atom is 0.0449 e. The Bertz CT molecular complexity index is 385. The quantitative estimate of drug-likeness (QED) is 0.779. The molecule has 0 radical (unpaired) electrons. The largest absolute Gasteiger partial charge is 0.851 e. The zero-order valence-electron chi connectivity index (χ0n) is 9.22. The second kappa shape index (κ2) is 5.73. The molecule has 1 saturated carbocycles. The van der Waals surface area contributed by atoms with Gasteiger partial charge in [-0.3, -0.25) is 0 Å². The van der Waals surface area contributed by atoms with E-state index in [-0.39, 0.29) is 11.8 Å². The van der Waals surface area contributed by atoms with Gasteiger partial charge in [0.2, 0.25) is 0 Å². The average molecular weight is 314 g/mol. The lowest BCUT2D eigenvalue weighted by atomic mass is 9.69. The number of hydrogen-bond acceptors (Lipinski definition) is 6. The fourth-order valence-corrected chi connectivity index (χ4v) is 5.51. The summed E-state index contributed by atoms with van der Waals surface area (Å²) >= 11 is 6.36. The zero-order chi connectivity index (χ0) is 12.5. The molecule has 1 aliphatic carbocycles. The van der Waals surface area contributed by atoms with Crippen molar-refractivity contribution in [2.75, 3.05) is 0 Å². The minimum absolute atomic E-state index is 0.355. The van der Waals surface area contributed by atoms with Gasteiger partial charge in [0.15, 0.2) is 0 Å². The molecule has 6 heteroatoms. The van der Waals surface area contributed by atoms with Gasteiger partial charge in [0.05, 0.1) is 0 Å². The van der Waals surface area contributed by atoms with Crippen molar-refractivity contribution in [2.24, 2.45) is 11.8 Å². The Morgan fingerprint density at radius 3 is 1.39 bits per heavy atom. The monoisotopic (exact) mass is 314 g/mol. The summed E-state index contributed by atoms with van der Waals surface area (Å²) in [4.78, 5) is 0. The topological polar surface area (TPSA) is 46.1 Å². The molecule has 0 spiro atoms. The van der Waals surface area contributed by atoms with Crippen molar-refractivity contribution in [1.29, 1.82) is 0 Å². The Morgan fingerprint density at radius 1 is 0.722 bits per heavy atom. The van der Waals surface area contributed by atoms with E-state index in [0.717, 1.165) is 8.47 Å². The molecule has 0 bridgehead atoms. The van der Waals surface area contributed by atoms with Gasteiger partial charge < -0.3 is 10.2 Å². The molecule has 96 valence electrons. The minimum Gasteiger partial charge on any atom is -0.851 e. The Kier molecular flexibility index (Phi) is 4.22. The second-order valence-electron chi connectivity index (χ2n) is 4.07. The standard InChI is InChI=1S/C12H10O2S4/c13-11-7(5-9-15-1-2-16-9)12(14)8(11)6-10-17-3-4-18-10/h1-8,11-12H/q-2. The number of hydrogen-bond donors (Lipinski definition) is 0. The third-order valence-electron chi connectivity index (χ3n) is 3.02. The summed E-state index contributed by atoms with van der Waals surface area (Å²) in [6.45, 7) is 0. The lowest BCUT2D eigenvalue weighted by Gasteiger charge is -2.59. The highest BCUT2D eigenvalue weighted by atomic mass is 32.2. The molecule has 0 saturated heterocycles. The Morgan fingerprint density at radius 2 is 1.06 bits per heavy atom. The number of thioether (sulfide) groups is 4. The van der Waals surface area contributed by atoms with E-state index >= 15 is 0 Å². The molecule has 1 fully saturated rings. The summed E-state index contributed by atoms with van der Waals surface area (Å²) in [6, 6.07) is 0. The fourth-order valence-electron chi connectivity index (χ4n) is 2.03. The molecule has 2 aliphatic heterocycles. The van der Waals surface area contributed by atoms with Crippen LogP contribution >= 0.6 is 47.0 Å². The molecular weight excluding hydrogens is 304 g/mol. The highest BCUT2D eigenvalue weighted by Crippen LogP contribution is 2.45. The maximum absolute atomic E-state index is 12.1. The Balaban J connectivity index is 1.64. The van der Waals surface area contributed by atoms with Crippen LogP contribution in [-0.4, -0.2) is 12.2 Å². The normalized spacial score (nSPS) is 38.1. The van der Waals surface area contributed by atoms with Crippen LogP contribution < -0.4 is 10.2 Å². The van der Waals surface area contributed by atoms with Gasteiger partial charge in [-0.2, -0.15) is 0 Å². The maximum atomic E-state index is 12.1. The molecule has 18 heavy (non-hydrogen) atoms. The van der Waals surface area contributed by atoms with Gasteiger partial charge in [-0.05, 0) is 33.5 Å². The van der Waals surface area contributed by atoms with Crippen molar-refractivity contribution in [2.45, 2.75) is 12.2 Å². The molecule has 0 atom stereocenters. The molecule has 0 aromatic carbocycles. The van der Waals surface area contributed by atoms with Crippen LogP contribution in [-0.2, 0) is 0 Å². The molecular formula is C12H10O2S4-2. The highest BCUT2D eigenvalue weighted by molar-refractivity contribution is 8.27. The van der Waals surface area contributed by atoms with Crippen LogP contribution in [0.4, 0.5) is 0 Å². The van der Waals surface area contributed by atoms with Gasteiger partial charge >= 0.3 is 0 Å². The van der Waals surface area contributed by atoms with Gasteiger partial charge in [0.1, 0.15) is 0 Å². The summed E-state index contributed by atoms with van der Waals surface area (Å²) in [5.41, 5.74) is 0. The van der Waals surface area contributed by atoms with Crippen LogP contribution in [0.1, 0.15) is 0 Å². The lowest BCUT2D eigenvalue weighted by Crippen LogP contribution is -2.65. The third kappa shape index (κ3) is 2.59. The van der Waals surface area contributed by atoms with Crippen LogP contribution in [0.2, 0.25) is 0 Å². The first kappa shape index (κ1) is 13.3. The summed E-state index contributed by atoms with van der Waals surface area (Å²) in [6.07, 6.45) is 2.17. The lowest BCUT2D eigenvalue weighted by molar-refractivity contribution is -0.549. The van der Waals surface area contributed by atoms with E-state index in [0.29, 0.717) is 0 Å². The smallest absolute Gasteiger partial charge is 0.0449 e. The predicted molar refractivity (Wildman–Crippen MR) is 79.4 cm³/mol. The average Bonchev–Trinajstić information content (AvgIpc) is 3.05. The van der Waals surface area contributed by atoms with Crippen molar-refractivity contribution >= 4 is 47.0 Å². The van der Waals surface area contributed by atoms with Crippen molar-refractivity contribution in [1.82, 2.24) is 0 Å². The zero-order valence-corrected chi connectivity index (χ0v) is 12.5. The van der Waals surface area contributed by atoms with Crippen molar-refractivity contribution in [3.05, 3.63) is 42.3 Å². The van der Waals surface area contributed by atoms with E-state index < -0.39 is 12.2 Å². The van der Waals surface area contributed by atoms with Crippen molar-refractivity contribution in [3.63, 3.8) is 0 Å². The van der Waals surface area contributed by atoms with E-state index in [1.807, 2.05) is 33.8 Å². The molecule has 0 amide bonds. The first-order valence-corrected chi connectivity index (χ1v) is 8.99. The van der Waals surface area contributed by atoms with E-state index in [1.165, 1.54) is 0 Å². The first-order chi connectivity index (χ1) is 8.75. The van der Waals surface area contributed by atoms with Crippen LogP contribution in [0.5, 0.6) is 0 Å². The molecule has 3 rings (SSSR count). The van der Waals surface area contributed by atoms with Gasteiger partial charge in [0.25, 0.3) is 0 Å². The molecule has 2 nitrogen and oxygen atoms in total. The Hall–Kier alpha value is 0.280. The van der Waals surface area contributed by atoms with Crippen LogP contribution in [0.25, 0.3) is 0 Å². The van der Waals surface area contributed by atoms with Crippen LogP contribution in [0.15, 0.2) is 42.3 Å². The van der Waals surface area contributed by atoms with Crippen LogP contribution in [0.3, 0.4) is 0 Å². The first-order valence-electron chi connectivity index (χ1n) is 5.47. The summed E-state index contributed by atoms with van der Waals surface area (Å²) in [7, 11) is 0. The van der Waals surface area contributed by atoms with E-state index in [2.05, 4.69) is 0 Å². The van der Waals surface area contributed by atoms with E-state index in [4.69, 9.17) is 0 Å². The minimum atomic E-state index is -0.781. The van der Waals surface area contributed by atoms with Gasteiger partial charge in [-0.25, -0.2) is 0 Å².